The molecule has 0 saturated carbocycles. The Morgan fingerprint density at radius 1 is 0.952 bits per heavy atom. The average Bonchev–Trinajstić information content (AvgIpc) is 3.43. The first-order valence-electron chi connectivity index (χ1n) is 13.8. The number of hydrogen-bond donors (Lipinski definition) is 1. The zero-order valence-electron chi connectivity index (χ0n) is 23.7. The van der Waals surface area contributed by atoms with Gasteiger partial charge in [-0.25, -0.2) is 9.78 Å². The molecule has 3 aromatic carbocycles. The fourth-order valence-corrected chi connectivity index (χ4v) is 6.07. The lowest BCUT2D eigenvalue weighted by atomic mass is 9.85. The molecular formula is C33H32F3N3O2S. The van der Waals surface area contributed by atoms with Crippen LogP contribution in [0.15, 0.2) is 72.2 Å². The van der Waals surface area contributed by atoms with Crippen LogP contribution in [0.4, 0.5) is 18.0 Å². The molecule has 5 nitrogen and oxygen atoms in total. The van der Waals surface area contributed by atoms with Gasteiger partial charge in [0, 0.05) is 41.1 Å². The zero-order chi connectivity index (χ0) is 30.1. The number of alkyl halides is 3. The molecule has 0 bridgehead atoms. The fourth-order valence-electron chi connectivity index (χ4n) is 5.28. The van der Waals surface area contributed by atoms with Crippen LogP contribution >= 0.6 is 11.3 Å². The molecule has 42 heavy (non-hydrogen) atoms. The van der Waals surface area contributed by atoms with E-state index in [9.17, 15) is 22.8 Å². The van der Waals surface area contributed by atoms with E-state index in [1.165, 1.54) is 17.4 Å². The van der Waals surface area contributed by atoms with E-state index in [-0.39, 0.29) is 24.8 Å². The van der Waals surface area contributed by atoms with E-state index >= 15 is 0 Å². The zero-order valence-corrected chi connectivity index (χ0v) is 24.5. The first-order valence-corrected chi connectivity index (χ1v) is 14.7. The minimum Gasteiger partial charge on any atom is -0.333 e. The summed E-state index contributed by atoms with van der Waals surface area (Å²) in [6.45, 7) is 6.27. The number of Topliss-reactive ketones (excluding diaryl/α,β-unsaturated/α-hetero) is 1. The van der Waals surface area contributed by atoms with Gasteiger partial charge in [-0.05, 0) is 68.0 Å². The van der Waals surface area contributed by atoms with Crippen molar-refractivity contribution in [3.63, 3.8) is 0 Å². The van der Waals surface area contributed by atoms with Crippen LogP contribution in [0.3, 0.4) is 0 Å². The number of carbonyl (C=O) groups excluding carboxylic acids is 2. The van der Waals surface area contributed by atoms with E-state index < -0.39 is 17.3 Å². The van der Waals surface area contributed by atoms with Crippen LogP contribution in [-0.2, 0) is 25.6 Å². The van der Waals surface area contributed by atoms with E-state index in [1.54, 1.807) is 28.6 Å². The van der Waals surface area contributed by atoms with Crippen LogP contribution in [0.2, 0.25) is 0 Å². The molecule has 218 valence electrons. The molecule has 1 aromatic heterocycles. The second-order valence-electron chi connectivity index (χ2n) is 11.5. The molecule has 5 rings (SSSR count). The summed E-state index contributed by atoms with van der Waals surface area (Å²) in [7, 11) is 0. The maximum absolute atomic E-state index is 13.7. The predicted octanol–water partition coefficient (Wildman–Crippen LogP) is 8.18. The number of nitrogens with zero attached hydrogens (tertiary/aromatic N) is 2. The van der Waals surface area contributed by atoms with Crippen molar-refractivity contribution in [2.75, 3.05) is 6.54 Å². The van der Waals surface area contributed by atoms with Crippen molar-refractivity contribution in [3.05, 3.63) is 99.4 Å². The molecule has 0 saturated heterocycles. The molecular weight excluding hydrogens is 559 g/mol. The number of nitrogens with one attached hydrogen (secondary N) is 1. The van der Waals surface area contributed by atoms with E-state index in [0.717, 1.165) is 33.8 Å². The summed E-state index contributed by atoms with van der Waals surface area (Å²) in [4.78, 5) is 34.0. The monoisotopic (exact) mass is 591 g/mol. The van der Waals surface area contributed by atoms with Gasteiger partial charge in [0.2, 0.25) is 0 Å². The number of halogens is 3. The minimum absolute atomic E-state index is 0.0765. The topological polar surface area (TPSA) is 62.3 Å². The van der Waals surface area contributed by atoms with Crippen molar-refractivity contribution >= 4 is 23.2 Å². The number of aryl methyl sites for hydroxylation is 1. The number of urea groups is 1. The third kappa shape index (κ3) is 6.57. The molecule has 4 aromatic rings. The highest BCUT2D eigenvalue weighted by atomic mass is 32.1. The Bertz CT molecular complexity index is 1610. The van der Waals surface area contributed by atoms with Crippen LogP contribution < -0.4 is 5.32 Å². The maximum Gasteiger partial charge on any atom is 0.416 e. The van der Waals surface area contributed by atoms with Gasteiger partial charge in [0.05, 0.1) is 16.8 Å². The van der Waals surface area contributed by atoms with Gasteiger partial charge in [-0.15, -0.1) is 11.3 Å². The molecule has 0 fully saturated rings. The van der Waals surface area contributed by atoms with Crippen molar-refractivity contribution in [2.45, 2.75) is 58.3 Å². The highest BCUT2D eigenvalue weighted by molar-refractivity contribution is 7.10. The molecule has 1 aliphatic rings. The average molecular weight is 592 g/mol. The van der Waals surface area contributed by atoms with Gasteiger partial charge in [-0.1, -0.05) is 54.6 Å². The second-order valence-corrected chi connectivity index (χ2v) is 12.4. The molecule has 1 N–H and O–H groups in total. The minimum atomic E-state index is -4.47. The van der Waals surface area contributed by atoms with Gasteiger partial charge < -0.3 is 10.2 Å². The van der Waals surface area contributed by atoms with Crippen LogP contribution in [-0.4, -0.2) is 33.8 Å². The van der Waals surface area contributed by atoms with Crippen molar-refractivity contribution in [3.8, 4) is 22.4 Å². The van der Waals surface area contributed by atoms with Crippen molar-refractivity contribution in [1.82, 2.24) is 15.2 Å². The third-order valence-corrected chi connectivity index (χ3v) is 8.14. The maximum atomic E-state index is 13.7. The Morgan fingerprint density at radius 2 is 1.69 bits per heavy atom. The standard InChI is InChI=1S/C33H32F3N3O2S/c1-32(2,3)38-31(41)39-17-16-25-24(22-10-7-11-23(18-22)33(34,35)36)12-13-26(27(25)19-39)28(40)14-15-29-30(37-20-42-29)21-8-5-4-6-9-21/h4-13,18,20H,14-17,19H2,1-3H3,(H,38,41). The van der Waals surface area contributed by atoms with Crippen molar-refractivity contribution in [1.29, 1.82) is 0 Å². The lowest BCUT2D eigenvalue weighted by Gasteiger charge is -2.34. The van der Waals surface area contributed by atoms with Gasteiger partial charge in [0.15, 0.2) is 5.78 Å². The smallest absolute Gasteiger partial charge is 0.333 e. The Kier molecular flexibility index (Phi) is 8.23. The predicted molar refractivity (Wildman–Crippen MR) is 159 cm³/mol. The Labute approximate surface area is 247 Å². The normalized spacial score (nSPS) is 13.5. The quantitative estimate of drug-likeness (QED) is 0.230. The molecule has 9 heteroatoms. The number of thiazole rings is 1. The van der Waals surface area contributed by atoms with Gasteiger partial charge in [0.1, 0.15) is 0 Å². The molecule has 0 radical (unpaired) electrons. The molecule has 0 unspecified atom stereocenters. The number of benzene rings is 3. The third-order valence-electron chi connectivity index (χ3n) is 7.25. The Hall–Kier alpha value is -3.98. The lowest BCUT2D eigenvalue weighted by Crippen LogP contribution is -2.50. The number of hydrogen-bond acceptors (Lipinski definition) is 4. The first-order chi connectivity index (χ1) is 19.9. The number of fused-ring (bicyclic) bond motifs is 1. The molecule has 2 amide bonds. The van der Waals surface area contributed by atoms with Gasteiger partial charge in [-0.3, -0.25) is 4.79 Å². The van der Waals surface area contributed by atoms with Crippen LogP contribution in [0.25, 0.3) is 22.4 Å². The SMILES string of the molecule is CC(C)(C)NC(=O)N1CCc2c(-c3cccc(C(F)(F)F)c3)ccc(C(=O)CCc3scnc3-c3ccccc3)c2C1. The summed E-state index contributed by atoms with van der Waals surface area (Å²) in [5.74, 6) is -0.0765. The number of aromatic nitrogens is 1. The van der Waals surface area contributed by atoms with Crippen LogP contribution in [0.1, 0.15) is 59.1 Å². The Morgan fingerprint density at radius 3 is 2.40 bits per heavy atom. The van der Waals surface area contributed by atoms with Crippen molar-refractivity contribution < 1.29 is 22.8 Å². The molecule has 0 aliphatic carbocycles. The second kappa shape index (κ2) is 11.7. The summed E-state index contributed by atoms with van der Waals surface area (Å²) in [6, 6.07) is 18.3. The highest BCUT2D eigenvalue weighted by Gasteiger charge is 2.32. The van der Waals surface area contributed by atoms with Crippen LogP contribution in [0.5, 0.6) is 0 Å². The fraction of sp³-hybridized carbons (Fsp3) is 0.303. The summed E-state index contributed by atoms with van der Waals surface area (Å²) in [5, 5.41) is 2.98. The van der Waals surface area contributed by atoms with Crippen molar-refractivity contribution in [2.24, 2.45) is 0 Å². The number of carbonyl (C=O) groups is 2. The van der Waals surface area contributed by atoms with E-state index in [4.69, 9.17) is 0 Å². The van der Waals surface area contributed by atoms with Crippen LogP contribution in [0, 0.1) is 0 Å². The first kappa shape index (κ1) is 29.5. The number of ketones is 1. The highest BCUT2D eigenvalue weighted by Crippen LogP contribution is 2.37. The van der Waals surface area contributed by atoms with E-state index in [2.05, 4.69) is 10.3 Å². The molecule has 0 spiro atoms. The molecule has 2 heterocycles. The summed E-state index contributed by atoms with van der Waals surface area (Å²) in [6.07, 6.45) is -3.30. The number of rotatable bonds is 6. The van der Waals surface area contributed by atoms with E-state index in [0.29, 0.717) is 41.6 Å². The summed E-state index contributed by atoms with van der Waals surface area (Å²) in [5.41, 5.74) is 5.54. The lowest BCUT2D eigenvalue weighted by molar-refractivity contribution is -0.137. The summed E-state index contributed by atoms with van der Waals surface area (Å²) >= 11 is 1.51. The van der Waals surface area contributed by atoms with E-state index in [1.807, 2.05) is 51.1 Å². The van der Waals surface area contributed by atoms with Gasteiger partial charge in [-0.2, -0.15) is 13.2 Å². The largest absolute Gasteiger partial charge is 0.416 e. The van der Waals surface area contributed by atoms with Gasteiger partial charge in [0.25, 0.3) is 0 Å². The number of amides is 2. The molecule has 0 atom stereocenters. The molecule has 1 aliphatic heterocycles. The summed E-state index contributed by atoms with van der Waals surface area (Å²) < 4.78 is 40.5. The van der Waals surface area contributed by atoms with Gasteiger partial charge >= 0.3 is 12.2 Å². The Balaban J connectivity index is 1.48.